The van der Waals surface area contributed by atoms with Crippen LogP contribution in [0.25, 0.3) is 0 Å². The van der Waals surface area contributed by atoms with E-state index in [4.69, 9.17) is 9.47 Å². The van der Waals surface area contributed by atoms with Crippen molar-refractivity contribution in [2.75, 3.05) is 20.2 Å². The molecule has 1 aliphatic heterocycles. The zero-order valence-electron chi connectivity index (χ0n) is 7.36. The lowest BCUT2D eigenvalue weighted by atomic mass is 10.2. The number of nitrogens with zero attached hydrogens (tertiary/aromatic N) is 2. The van der Waals surface area contributed by atoms with Gasteiger partial charge in [0.05, 0.1) is 19.5 Å². The predicted octanol–water partition coefficient (Wildman–Crippen LogP) is -0.164. The molecule has 0 radical (unpaired) electrons. The highest BCUT2D eigenvalue weighted by atomic mass is 16.5. The first-order valence-electron chi connectivity index (χ1n) is 4.12. The SMILES string of the molecule is COc1ncc(OC2CNC2)cn1. The topological polar surface area (TPSA) is 56.3 Å². The second-order valence-corrected chi connectivity index (χ2v) is 2.80. The molecule has 13 heavy (non-hydrogen) atoms. The van der Waals surface area contributed by atoms with Crippen molar-refractivity contribution < 1.29 is 9.47 Å². The first-order chi connectivity index (χ1) is 6.38. The van der Waals surface area contributed by atoms with Crippen molar-refractivity contribution in [2.45, 2.75) is 6.10 Å². The average molecular weight is 181 g/mol. The Balaban J connectivity index is 1.96. The van der Waals surface area contributed by atoms with E-state index in [-0.39, 0.29) is 6.10 Å². The molecule has 2 heterocycles. The number of rotatable bonds is 3. The third kappa shape index (κ3) is 1.86. The summed E-state index contributed by atoms with van der Waals surface area (Å²) in [5, 5.41) is 3.11. The number of hydrogen-bond donors (Lipinski definition) is 1. The van der Waals surface area contributed by atoms with E-state index >= 15 is 0 Å². The number of aromatic nitrogens is 2. The average Bonchev–Trinajstić information content (AvgIpc) is 2.12. The smallest absolute Gasteiger partial charge is 0.316 e. The highest BCUT2D eigenvalue weighted by Gasteiger charge is 2.18. The molecule has 2 rings (SSSR count). The summed E-state index contributed by atoms with van der Waals surface area (Å²) in [6, 6.07) is 0.360. The molecule has 0 saturated carbocycles. The van der Waals surface area contributed by atoms with Gasteiger partial charge in [-0.3, -0.25) is 0 Å². The van der Waals surface area contributed by atoms with Crippen LogP contribution < -0.4 is 14.8 Å². The molecule has 5 heteroatoms. The summed E-state index contributed by atoms with van der Waals surface area (Å²) < 4.78 is 10.3. The van der Waals surface area contributed by atoms with Gasteiger partial charge in [0.2, 0.25) is 0 Å². The summed E-state index contributed by atoms with van der Waals surface area (Å²) in [5.41, 5.74) is 0. The Hall–Kier alpha value is -1.36. The molecule has 1 aliphatic rings. The van der Waals surface area contributed by atoms with Crippen molar-refractivity contribution in [3.63, 3.8) is 0 Å². The van der Waals surface area contributed by atoms with Crippen LogP contribution in [0.1, 0.15) is 0 Å². The van der Waals surface area contributed by atoms with E-state index in [1.807, 2.05) is 0 Å². The van der Waals surface area contributed by atoms with Gasteiger partial charge in [-0.1, -0.05) is 0 Å². The van der Waals surface area contributed by atoms with Gasteiger partial charge in [0, 0.05) is 13.1 Å². The van der Waals surface area contributed by atoms with Gasteiger partial charge in [-0.25, -0.2) is 0 Å². The molecule has 1 aromatic rings. The maximum absolute atomic E-state index is 5.51. The zero-order valence-corrected chi connectivity index (χ0v) is 7.36. The Kier molecular flexibility index (Phi) is 2.27. The van der Waals surface area contributed by atoms with Gasteiger partial charge in [-0.05, 0) is 0 Å². The van der Waals surface area contributed by atoms with Crippen LogP contribution in [-0.4, -0.2) is 36.3 Å². The minimum atomic E-state index is 0.261. The van der Waals surface area contributed by atoms with E-state index in [0.29, 0.717) is 11.8 Å². The Bertz CT molecular complexity index is 271. The maximum atomic E-state index is 5.51. The largest absolute Gasteiger partial charge is 0.485 e. The molecule has 0 amide bonds. The van der Waals surface area contributed by atoms with Gasteiger partial charge >= 0.3 is 6.01 Å². The minimum Gasteiger partial charge on any atom is -0.485 e. The molecule has 1 aromatic heterocycles. The summed E-state index contributed by atoms with van der Waals surface area (Å²) >= 11 is 0. The van der Waals surface area contributed by atoms with E-state index in [2.05, 4.69) is 15.3 Å². The van der Waals surface area contributed by atoms with Gasteiger partial charge < -0.3 is 14.8 Å². The maximum Gasteiger partial charge on any atom is 0.316 e. The van der Waals surface area contributed by atoms with Gasteiger partial charge in [-0.15, -0.1) is 0 Å². The van der Waals surface area contributed by atoms with Gasteiger partial charge in [0.15, 0.2) is 5.75 Å². The van der Waals surface area contributed by atoms with Crippen LogP contribution in [0.2, 0.25) is 0 Å². The fourth-order valence-electron chi connectivity index (χ4n) is 1.01. The lowest BCUT2D eigenvalue weighted by molar-refractivity contribution is 0.141. The van der Waals surface area contributed by atoms with Crippen LogP contribution in [0.15, 0.2) is 12.4 Å². The van der Waals surface area contributed by atoms with Crippen LogP contribution >= 0.6 is 0 Å². The molecule has 0 bridgehead atoms. The summed E-state index contributed by atoms with van der Waals surface area (Å²) in [6.45, 7) is 1.79. The lowest BCUT2D eigenvalue weighted by Gasteiger charge is -2.27. The fraction of sp³-hybridized carbons (Fsp3) is 0.500. The number of methoxy groups -OCH3 is 1. The van der Waals surface area contributed by atoms with E-state index < -0.39 is 0 Å². The van der Waals surface area contributed by atoms with E-state index in [0.717, 1.165) is 13.1 Å². The van der Waals surface area contributed by atoms with Crippen LogP contribution in [0.4, 0.5) is 0 Å². The van der Waals surface area contributed by atoms with Gasteiger partial charge in [0.1, 0.15) is 6.10 Å². The van der Waals surface area contributed by atoms with Crippen LogP contribution in [-0.2, 0) is 0 Å². The highest BCUT2D eigenvalue weighted by Crippen LogP contribution is 2.12. The lowest BCUT2D eigenvalue weighted by Crippen LogP contribution is -2.50. The van der Waals surface area contributed by atoms with Crippen LogP contribution in [0.3, 0.4) is 0 Å². The number of nitrogens with one attached hydrogen (secondary N) is 1. The predicted molar refractivity (Wildman–Crippen MR) is 45.9 cm³/mol. The molecule has 0 aromatic carbocycles. The second-order valence-electron chi connectivity index (χ2n) is 2.80. The van der Waals surface area contributed by atoms with E-state index in [9.17, 15) is 0 Å². The Morgan fingerprint density at radius 1 is 1.38 bits per heavy atom. The molecule has 1 saturated heterocycles. The normalized spacial score (nSPS) is 16.4. The third-order valence-electron chi connectivity index (χ3n) is 1.83. The van der Waals surface area contributed by atoms with Crippen molar-refractivity contribution in [1.29, 1.82) is 0 Å². The van der Waals surface area contributed by atoms with Gasteiger partial charge in [-0.2, -0.15) is 9.97 Å². The van der Waals surface area contributed by atoms with Crippen molar-refractivity contribution in [2.24, 2.45) is 0 Å². The molecule has 0 aliphatic carbocycles. The molecular formula is C8H11N3O2. The van der Waals surface area contributed by atoms with E-state index in [1.165, 1.54) is 7.11 Å². The Morgan fingerprint density at radius 3 is 2.54 bits per heavy atom. The Morgan fingerprint density at radius 2 is 2.08 bits per heavy atom. The second kappa shape index (κ2) is 3.57. The molecule has 0 atom stereocenters. The molecule has 5 nitrogen and oxygen atoms in total. The highest BCUT2D eigenvalue weighted by molar-refractivity contribution is 5.14. The van der Waals surface area contributed by atoms with E-state index in [1.54, 1.807) is 12.4 Å². The summed E-state index contributed by atoms with van der Waals surface area (Å²) in [4.78, 5) is 7.86. The number of ether oxygens (including phenoxy) is 2. The minimum absolute atomic E-state index is 0.261. The molecule has 0 spiro atoms. The standard InChI is InChI=1S/C8H11N3O2/c1-12-8-10-4-7(5-11-8)13-6-2-9-3-6/h4-6,9H,2-3H2,1H3. The Labute approximate surface area is 76.1 Å². The zero-order chi connectivity index (χ0) is 9.10. The van der Waals surface area contributed by atoms with Gasteiger partial charge in [0.25, 0.3) is 0 Å². The fourth-order valence-corrected chi connectivity index (χ4v) is 1.01. The summed E-state index contributed by atoms with van der Waals surface area (Å²) in [7, 11) is 1.53. The first kappa shape index (κ1) is 8.25. The summed E-state index contributed by atoms with van der Waals surface area (Å²) in [6.07, 6.45) is 3.49. The third-order valence-corrected chi connectivity index (χ3v) is 1.83. The molecule has 70 valence electrons. The molecule has 1 N–H and O–H groups in total. The van der Waals surface area contributed by atoms with Crippen LogP contribution in [0.5, 0.6) is 11.8 Å². The first-order valence-corrected chi connectivity index (χ1v) is 4.12. The van der Waals surface area contributed by atoms with Crippen molar-refractivity contribution in [1.82, 2.24) is 15.3 Å². The van der Waals surface area contributed by atoms with Crippen molar-refractivity contribution in [3.05, 3.63) is 12.4 Å². The summed E-state index contributed by atoms with van der Waals surface area (Å²) in [5.74, 6) is 0.687. The molecular weight excluding hydrogens is 170 g/mol. The monoisotopic (exact) mass is 181 g/mol. The van der Waals surface area contributed by atoms with Crippen molar-refractivity contribution in [3.8, 4) is 11.8 Å². The number of hydrogen-bond acceptors (Lipinski definition) is 5. The molecule has 0 unspecified atom stereocenters. The molecule has 1 fully saturated rings. The van der Waals surface area contributed by atoms with Crippen LogP contribution in [0, 0.1) is 0 Å². The quantitative estimate of drug-likeness (QED) is 0.702. The van der Waals surface area contributed by atoms with Crippen molar-refractivity contribution >= 4 is 0 Å².